The summed E-state index contributed by atoms with van der Waals surface area (Å²) in [6.07, 6.45) is 2.68. The maximum absolute atomic E-state index is 12.3. The average molecular weight is 273 g/mol. The van der Waals surface area contributed by atoms with Crippen molar-refractivity contribution < 1.29 is 14.3 Å². The van der Waals surface area contributed by atoms with Crippen LogP contribution in [0.4, 0.5) is 4.79 Å². The molecule has 0 bridgehead atoms. The molecule has 1 unspecified atom stereocenters. The van der Waals surface area contributed by atoms with Gasteiger partial charge in [-0.1, -0.05) is 18.2 Å². The minimum Gasteiger partial charge on any atom is -0.443 e. The van der Waals surface area contributed by atoms with Crippen molar-refractivity contribution in [2.75, 3.05) is 6.61 Å². The highest BCUT2D eigenvalue weighted by molar-refractivity contribution is 5.92. The zero-order valence-corrected chi connectivity index (χ0v) is 12.1. The van der Waals surface area contributed by atoms with Crippen LogP contribution in [-0.2, 0) is 15.9 Å². The summed E-state index contributed by atoms with van der Waals surface area (Å²) in [7, 11) is 0. The van der Waals surface area contributed by atoms with E-state index in [0.717, 1.165) is 29.5 Å². The van der Waals surface area contributed by atoms with Gasteiger partial charge in [-0.2, -0.15) is 0 Å². The maximum Gasteiger partial charge on any atom is 0.419 e. The van der Waals surface area contributed by atoms with Gasteiger partial charge in [0.15, 0.2) is 0 Å². The predicted molar refractivity (Wildman–Crippen MR) is 77.0 cm³/mol. The first-order valence-corrected chi connectivity index (χ1v) is 6.88. The number of para-hydroxylation sites is 1. The lowest BCUT2D eigenvalue weighted by Gasteiger charge is -2.19. The van der Waals surface area contributed by atoms with E-state index in [0.29, 0.717) is 6.10 Å². The summed E-state index contributed by atoms with van der Waals surface area (Å²) >= 11 is 0. The van der Waals surface area contributed by atoms with Gasteiger partial charge < -0.3 is 9.47 Å². The maximum atomic E-state index is 12.3. The van der Waals surface area contributed by atoms with Crippen LogP contribution >= 0.6 is 0 Å². The SMILES string of the molecule is CC(C)(C)OC(=O)n1cc(CC2CO2)c2ccccc21. The molecule has 1 fully saturated rings. The second-order valence-electron chi connectivity index (χ2n) is 6.18. The molecule has 0 radical (unpaired) electrons. The molecule has 1 saturated heterocycles. The van der Waals surface area contributed by atoms with E-state index >= 15 is 0 Å². The van der Waals surface area contributed by atoms with Gasteiger partial charge >= 0.3 is 6.09 Å². The van der Waals surface area contributed by atoms with Crippen LogP contribution in [-0.4, -0.2) is 29.0 Å². The van der Waals surface area contributed by atoms with E-state index < -0.39 is 5.60 Å². The first-order valence-electron chi connectivity index (χ1n) is 6.88. The number of hydrogen-bond acceptors (Lipinski definition) is 3. The van der Waals surface area contributed by atoms with Crippen molar-refractivity contribution in [2.24, 2.45) is 0 Å². The number of benzene rings is 1. The van der Waals surface area contributed by atoms with Crippen molar-refractivity contribution in [1.29, 1.82) is 0 Å². The van der Waals surface area contributed by atoms with E-state index in [2.05, 4.69) is 0 Å². The molecule has 1 aromatic heterocycles. The van der Waals surface area contributed by atoms with Crippen molar-refractivity contribution in [1.82, 2.24) is 4.57 Å². The number of carbonyl (C=O) groups is 1. The van der Waals surface area contributed by atoms with Crippen molar-refractivity contribution in [3.63, 3.8) is 0 Å². The summed E-state index contributed by atoms with van der Waals surface area (Å²) in [6.45, 7) is 6.42. The Bertz CT molecular complexity index is 647. The summed E-state index contributed by atoms with van der Waals surface area (Å²) in [4.78, 5) is 12.3. The Morgan fingerprint density at radius 1 is 1.40 bits per heavy atom. The molecule has 0 N–H and O–H groups in total. The van der Waals surface area contributed by atoms with Gasteiger partial charge in [0.05, 0.1) is 18.2 Å². The third-order valence-electron chi connectivity index (χ3n) is 3.23. The Morgan fingerprint density at radius 3 is 2.75 bits per heavy atom. The molecule has 4 heteroatoms. The zero-order chi connectivity index (χ0) is 14.3. The highest BCUT2D eigenvalue weighted by atomic mass is 16.6. The van der Waals surface area contributed by atoms with Crippen LogP contribution in [0.2, 0.25) is 0 Å². The summed E-state index contributed by atoms with van der Waals surface area (Å²) in [5, 5.41) is 1.09. The standard InChI is InChI=1S/C16H19NO3/c1-16(2,3)20-15(18)17-9-11(8-12-10-19-12)13-6-4-5-7-14(13)17/h4-7,9,12H,8,10H2,1-3H3. The lowest BCUT2D eigenvalue weighted by molar-refractivity contribution is 0.0544. The fourth-order valence-electron chi connectivity index (χ4n) is 2.31. The molecule has 0 saturated carbocycles. The van der Waals surface area contributed by atoms with Crippen LogP contribution in [0, 0.1) is 0 Å². The quantitative estimate of drug-likeness (QED) is 0.788. The van der Waals surface area contributed by atoms with Gasteiger partial charge in [0.1, 0.15) is 5.60 Å². The number of nitrogens with zero attached hydrogens (tertiary/aromatic N) is 1. The smallest absolute Gasteiger partial charge is 0.419 e. The van der Waals surface area contributed by atoms with E-state index in [-0.39, 0.29) is 6.09 Å². The van der Waals surface area contributed by atoms with Crippen molar-refractivity contribution >= 4 is 17.0 Å². The molecule has 0 aliphatic carbocycles. The molecule has 1 aliphatic heterocycles. The second kappa shape index (κ2) is 4.63. The number of ether oxygens (including phenoxy) is 2. The van der Waals surface area contributed by atoms with E-state index in [9.17, 15) is 4.79 Å². The van der Waals surface area contributed by atoms with Crippen LogP contribution in [0.25, 0.3) is 10.9 Å². The first-order chi connectivity index (χ1) is 9.44. The van der Waals surface area contributed by atoms with Crippen LogP contribution in [0.5, 0.6) is 0 Å². The summed E-state index contributed by atoms with van der Waals surface area (Å²) in [5.41, 5.74) is 1.52. The molecule has 0 amide bonds. The van der Waals surface area contributed by atoms with Crippen molar-refractivity contribution in [2.45, 2.75) is 38.9 Å². The van der Waals surface area contributed by atoms with E-state index in [4.69, 9.17) is 9.47 Å². The van der Waals surface area contributed by atoms with Crippen LogP contribution in [0.1, 0.15) is 26.3 Å². The largest absolute Gasteiger partial charge is 0.443 e. The van der Waals surface area contributed by atoms with Crippen molar-refractivity contribution in [3.8, 4) is 0 Å². The van der Waals surface area contributed by atoms with Gasteiger partial charge in [0, 0.05) is 18.0 Å². The third-order valence-corrected chi connectivity index (χ3v) is 3.23. The molecule has 1 aromatic carbocycles. The molecule has 106 valence electrons. The topological polar surface area (TPSA) is 43.8 Å². The van der Waals surface area contributed by atoms with E-state index in [1.807, 2.05) is 51.2 Å². The van der Waals surface area contributed by atoms with Gasteiger partial charge in [-0.25, -0.2) is 4.79 Å². The van der Waals surface area contributed by atoms with Gasteiger partial charge in [-0.15, -0.1) is 0 Å². The lowest BCUT2D eigenvalue weighted by Crippen LogP contribution is -2.26. The van der Waals surface area contributed by atoms with Crippen LogP contribution in [0.15, 0.2) is 30.5 Å². The molecule has 2 heterocycles. The Morgan fingerprint density at radius 2 is 2.10 bits per heavy atom. The fraction of sp³-hybridized carbons (Fsp3) is 0.438. The normalized spacial score (nSPS) is 18.2. The van der Waals surface area contributed by atoms with Crippen molar-refractivity contribution in [3.05, 3.63) is 36.0 Å². The second-order valence-corrected chi connectivity index (χ2v) is 6.18. The van der Waals surface area contributed by atoms with Gasteiger partial charge in [0.2, 0.25) is 0 Å². The number of epoxide rings is 1. The highest BCUT2D eigenvalue weighted by Gasteiger charge is 2.26. The Hall–Kier alpha value is -1.81. The van der Waals surface area contributed by atoms with E-state index in [1.165, 1.54) is 0 Å². The molecule has 1 aliphatic rings. The number of aromatic nitrogens is 1. The molecule has 0 spiro atoms. The van der Waals surface area contributed by atoms with Crippen LogP contribution < -0.4 is 0 Å². The average Bonchev–Trinajstić information content (AvgIpc) is 3.09. The zero-order valence-electron chi connectivity index (χ0n) is 12.1. The predicted octanol–water partition coefficient (Wildman–Crippen LogP) is 3.37. The Labute approximate surface area is 118 Å². The molecule has 20 heavy (non-hydrogen) atoms. The van der Waals surface area contributed by atoms with Crippen LogP contribution in [0.3, 0.4) is 0 Å². The molecular formula is C16H19NO3. The number of carbonyl (C=O) groups excluding carboxylic acids is 1. The summed E-state index contributed by atoms with van der Waals surface area (Å²) in [5.74, 6) is 0. The molecular weight excluding hydrogens is 254 g/mol. The Kier molecular flexibility index (Phi) is 3.05. The monoisotopic (exact) mass is 273 g/mol. The highest BCUT2D eigenvalue weighted by Crippen LogP contribution is 2.26. The molecule has 1 atom stereocenters. The third kappa shape index (κ3) is 2.70. The minimum absolute atomic E-state index is 0.299. The fourth-order valence-corrected chi connectivity index (χ4v) is 2.31. The molecule has 3 rings (SSSR count). The van der Waals surface area contributed by atoms with Gasteiger partial charge in [-0.05, 0) is 32.4 Å². The van der Waals surface area contributed by atoms with Gasteiger partial charge in [0.25, 0.3) is 0 Å². The summed E-state index contributed by atoms with van der Waals surface area (Å²) in [6, 6.07) is 7.89. The number of hydrogen-bond donors (Lipinski definition) is 0. The minimum atomic E-state index is -0.498. The molecule has 4 nitrogen and oxygen atoms in total. The summed E-state index contributed by atoms with van der Waals surface area (Å²) < 4.78 is 12.3. The number of fused-ring (bicyclic) bond motifs is 1. The lowest BCUT2D eigenvalue weighted by atomic mass is 10.1. The van der Waals surface area contributed by atoms with E-state index in [1.54, 1.807) is 4.57 Å². The van der Waals surface area contributed by atoms with Gasteiger partial charge in [-0.3, -0.25) is 4.57 Å². The first kappa shape index (κ1) is 13.2. The Balaban J connectivity index is 1.99. The molecule has 2 aromatic rings. The number of rotatable bonds is 2.